The fraction of sp³-hybridized carbons (Fsp3) is 0.304. The van der Waals surface area contributed by atoms with E-state index in [0.29, 0.717) is 22.5 Å². The van der Waals surface area contributed by atoms with Crippen molar-refractivity contribution in [3.05, 3.63) is 67.2 Å². The number of thioether (sulfide) groups is 1. The average Bonchev–Trinajstić information content (AvgIpc) is 3.35. The van der Waals surface area contributed by atoms with Gasteiger partial charge in [-0.15, -0.1) is 11.3 Å². The lowest BCUT2D eigenvalue weighted by Crippen LogP contribution is -2.31. The van der Waals surface area contributed by atoms with Crippen molar-refractivity contribution in [2.24, 2.45) is 0 Å². The Kier molecular flexibility index (Phi) is 7.08. The van der Waals surface area contributed by atoms with Crippen LogP contribution in [0, 0.1) is 0 Å². The summed E-state index contributed by atoms with van der Waals surface area (Å²) in [5.74, 6) is 0.475. The molecule has 0 saturated carbocycles. The van der Waals surface area contributed by atoms with E-state index in [0.717, 1.165) is 29.1 Å². The van der Waals surface area contributed by atoms with Gasteiger partial charge in [-0.05, 0) is 43.7 Å². The van der Waals surface area contributed by atoms with E-state index in [1.165, 1.54) is 21.3 Å². The summed E-state index contributed by atoms with van der Waals surface area (Å²) < 4.78 is 38.4. The summed E-state index contributed by atoms with van der Waals surface area (Å²) in [5, 5.41) is 1.18. The van der Waals surface area contributed by atoms with E-state index < -0.39 is 16.0 Å². The Morgan fingerprint density at radius 3 is 2.70 bits per heavy atom. The van der Waals surface area contributed by atoms with Crippen LogP contribution in [0.5, 0.6) is 0 Å². The first-order valence-corrected chi connectivity index (χ1v) is 14.1. The van der Waals surface area contributed by atoms with Gasteiger partial charge in [0.15, 0.2) is 12.4 Å². The largest absolute Gasteiger partial charge is 0.324 e. The van der Waals surface area contributed by atoms with Crippen LogP contribution in [0.2, 0.25) is 0 Å². The van der Waals surface area contributed by atoms with Gasteiger partial charge in [0.2, 0.25) is 5.04 Å². The van der Waals surface area contributed by atoms with Crippen LogP contribution in [0.4, 0.5) is 5.69 Å². The van der Waals surface area contributed by atoms with Crippen LogP contribution in [0.1, 0.15) is 19.4 Å². The predicted octanol–water partition coefficient (Wildman–Crippen LogP) is 1.93. The lowest BCUT2D eigenvalue weighted by Gasteiger charge is -2.28. The Balaban J connectivity index is 1.80. The van der Waals surface area contributed by atoms with Crippen molar-refractivity contribution >= 4 is 62.2 Å². The molecule has 1 aromatic heterocycles. The average molecular weight is 505 g/mol. The minimum absolute atomic E-state index is 0.0706. The first-order valence-electron chi connectivity index (χ1n) is 10.7. The number of hydrogen-bond donors (Lipinski definition) is 1. The van der Waals surface area contributed by atoms with Crippen LogP contribution < -0.4 is 19.7 Å². The third-order valence-electron chi connectivity index (χ3n) is 5.47. The second-order valence-corrected chi connectivity index (χ2v) is 11.2. The standard InChI is InChI=1S/C23H25N3O4S3/c1-3-24-13-14-31-21(24)15-22-25(4-2)23(27)20(32-22)12-11-18-10-9-17-7-5-6-8-19(17)26(18)16-33(28,29)30/h5-12,15H,3-4,13-14,16H2,1-2H3/p+1. The van der Waals surface area contributed by atoms with Crippen LogP contribution in [0.3, 0.4) is 0 Å². The van der Waals surface area contributed by atoms with Gasteiger partial charge in [-0.2, -0.15) is 8.42 Å². The van der Waals surface area contributed by atoms with Crippen molar-refractivity contribution in [1.82, 2.24) is 4.57 Å². The minimum atomic E-state index is -4.26. The smallest absolute Gasteiger partial charge is 0.283 e. The molecule has 2 aliphatic rings. The highest BCUT2D eigenvalue weighted by molar-refractivity contribution is 8.14. The Hall–Kier alpha value is -2.40. The van der Waals surface area contributed by atoms with Crippen molar-refractivity contribution < 1.29 is 17.5 Å². The second-order valence-electron chi connectivity index (χ2n) is 7.55. The molecular weight excluding hydrogens is 478 g/mol. The summed E-state index contributed by atoms with van der Waals surface area (Å²) >= 11 is 3.22. The Bertz CT molecular complexity index is 1450. The zero-order chi connectivity index (χ0) is 23.6. The molecule has 4 rings (SSSR count). The highest BCUT2D eigenvalue weighted by atomic mass is 32.2. The quantitative estimate of drug-likeness (QED) is 0.478. The van der Waals surface area contributed by atoms with Gasteiger partial charge in [-0.3, -0.25) is 13.9 Å². The molecule has 3 heterocycles. The maximum absolute atomic E-state index is 13.0. The molecule has 0 spiro atoms. The van der Waals surface area contributed by atoms with E-state index in [-0.39, 0.29) is 5.56 Å². The Labute approximate surface area is 201 Å². The van der Waals surface area contributed by atoms with Crippen molar-refractivity contribution in [3.63, 3.8) is 0 Å². The number of aromatic nitrogens is 1. The van der Waals surface area contributed by atoms with Crippen LogP contribution in [-0.4, -0.2) is 51.9 Å². The number of nitrogens with zero attached hydrogens (tertiary/aromatic N) is 3. The molecule has 0 unspecified atom stereocenters. The molecule has 0 amide bonds. The van der Waals surface area contributed by atoms with E-state index in [1.807, 2.05) is 31.2 Å². The highest BCUT2D eigenvalue weighted by Gasteiger charge is 2.22. The lowest BCUT2D eigenvalue weighted by molar-refractivity contribution is -0.512. The van der Waals surface area contributed by atoms with E-state index in [1.54, 1.807) is 40.6 Å². The van der Waals surface area contributed by atoms with Gasteiger partial charge in [0, 0.05) is 17.9 Å². The molecule has 0 saturated heterocycles. The highest BCUT2D eigenvalue weighted by Crippen LogP contribution is 2.31. The molecule has 33 heavy (non-hydrogen) atoms. The summed E-state index contributed by atoms with van der Waals surface area (Å²) in [6.45, 7) is 6.59. The predicted molar refractivity (Wildman–Crippen MR) is 138 cm³/mol. The normalized spacial score (nSPS) is 18.6. The van der Waals surface area contributed by atoms with E-state index in [4.69, 9.17) is 0 Å². The fourth-order valence-corrected chi connectivity index (χ4v) is 6.72. The van der Waals surface area contributed by atoms with Crippen molar-refractivity contribution in [1.29, 1.82) is 0 Å². The molecule has 0 radical (unpaired) electrons. The molecule has 10 heteroatoms. The zero-order valence-corrected chi connectivity index (χ0v) is 20.9. The summed E-state index contributed by atoms with van der Waals surface area (Å²) in [6, 6.07) is 7.36. The van der Waals surface area contributed by atoms with Gasteiger partial charge in [0.25, 0.3) is 15.7 Å². The molecule has 0 atom stereocenters. The summed E-state index contributed by atoms with van der Waals surface area (Å²) in [5.41, 5.74) is 2.04. The maximum Gasteiger partial charge on any atom is 0.283 e. The van der Waals surface area contributed by atoms with Gasteiger partial charge < -0.3 is 4.90 Å². The lowest BCUT2D eigenvalue weighted by atomic mass is 10.1. The van der Waals surface area contributed by atoms with Gasteiger partial charge in [0.05, 0.1) is 16.4 Å². The molecule has 1 aromatic carbocycles. The molecule has 1 N–H and O–H groups in total. The van der Waals surface area contributed by atoms with Crippen LogP contribution in [0.15, 0.2) is 46.9 Å². The van der Waals surface area contributed by atoms with Crippen molar-refractivity contribution in [2.45, 2.75) is 20.4 Å². The number of para-hydroxylation sites is 1. The molecule has 174 valence electrons. The number of thiazole rings is 1. The summed E-state index contributed by atoms with van der Waals surface area (Å²) in [4.78, 5) is 14.6. The summed E-state index contributed by atoms with van der Waals surface area (Å²) in [7, 11) is -4.26. The first-order chi connectivity index (χ1) is 15.8. The van der Waals surface area contributed by atoms with Gasteiger partial charge >= 0.3 is 0 Å². The number of allylic oxidation sites excluding steroid dienone is 2. The third-order valence-corrected chi connectivity index (χ3v) is 8.20. The van der Waals surface area contributed by atoms with Crippen LogP contribution >= 0.6 is 23.1 Å². The number of rotatable bonds is 6. The molecule has 0 aliphatic carbocycles. The van der Waals surface area contributed by atoms with Gasteiger partial charge in [0.1, 0.15) is 11.2 Å². The topological polar surface area (TPSA) is 82.6 Å². The number of anilines is 1. The van der Waals surface area contributed by atoms with E-state index in [9.17, 15) is 17.8 Å². The van der Waals surface area contributed by atoms with E-state index >= 15 is 0 Å². The van der Waals surface area contributed by atoms with Gasteiger partial charge in [-0.25, -0.2) is 4.58 Å². The maximum atomic E-state index is 13.0. The molecule has 7 nitrogen and oxygen atoms in total. The number of benzene rings is 1. The molecule has 2 aromatic rings. The van der Waals surface area contributed by atoms with E-state index in [2.05, 4.69) is 17.6 Å². The van der Waals surface area contributed by atoms with Gasteiger partial charge in [-0.1, -0.05) is 36.0 Å². The van der Waals surface area contributed by atoms with Crippen molar-refractivity contribution in [3.8, 4) is 0 Å². The zero-order valence-electron chi connectivity index (χ0n) is 18.5. The first kappa shape index (κ1) is 23.7. The SMILES string of the molecule is CCn1c(=O)c(=CC=C2C=Cc3ccccc3N2CS(=O)(=O)O)s/c1=C\C1=[N+](CC)CCS1. The molecular formula is C23H26N3O4S3+. The second kappa shape index (κ2) is 9.84. The number of hydrogen-bond acceptors (Lipinski definition) is 6. The third kappa shape index (κ3) is 5.24. The number of fused-ring (bicyclic) bond motifs is 1. The molecule has 0 fully saturated rings. The Morgan fingerprint density at radius 2 is 1.97 bits per heavy atom. The molecule has 2 aliphatic heterocycles. The van der Waals surface area contributed by atoms with Crippen LogP contribution in [0.25, 0.3) is 18.2 Å². The van der Waals surface area contributed by atoms with Crippen molar-refractivity contribution in [2.75, 3.05) is 29.6 Å². The summed E-state index contributed by atoms with van der Waals surface area (Å²) in [6.07, 6.45) is 9.21. The minimum Gasteiger partial charge on any atom is -0.324 e. The monoisotopic (exact) mass is 504 g/mol. The fourth-order valence-electron chi connectivity index (χ4n) is 3.86. The Morgan fingerprint density at radius 1 is 1.18 bits per heavy atom. The molecule has 0 bridgehead atoms. The van der Waals surface area contributed by atoms with Crippen LogP contribution in [-0.2, 0) is 16.7 Å².